The fraction of sp³-hybridized carbons (Fsp3) is 1.00. The third-order valence-electron chi connectivity index (χ3n) is 6.41. The van der Waals surface area contributed by atoms with E-state index in [-0.39, 0.29) is 12.4 Å². The van der Waals surface area contributed by atoms with Crippen LogP contribution >= 0.6 is 0 Å². The number of hydrogen-bond acceptors (Lipinski definition) is 7. The van der Waals surface area contributed by atoms with E-state index >= 15 is 0 Å². The zero-order valence-electron chi connectivity index (χ0n) is 15.7. The second kappa shape index (κ2) is 8.17. The van der Waals surface area contributed by atoms with Gasteiger partial charge in [-0.2, -0.15) is 5.48 Å². The Morgan fingerprint density at radius 3 is 2.60 bits per heavy atom. The van der Waals surface area contributed by atoms with E-state index in [9.17, 15) is 0 Å². The molecule has 4 fully saturated rings. The number of rotatable bonds is 4. The van der Waals surface area contributed by atoms with Gasteiger partial charge in [0.15, 0.2) is 0 Å². The van der Waals surface area contributed by atoms with E-state index in [2.05, 4.69) is 39.8 Å². The van der Waals surface area contributed by atoms with Gasteiger partial charge < -0.3 is 10.1 Å². The molecule has 4 rings (SSSR count). The highest BCUT2D eigenvalue weighted by Gasteiger charge is 2.41. The standard InChI is InChI=1S/C18H35N5O2/c1-13(2)23-7-3-4-15(23)18-20-17(21-25-18)14-5-6-16(19-12-14)22-8-10-24-11-9-22/h13-21H,3-12H2,1-2H3/t14?,15-,16?,17?,18?/m0/s1. The molecule has 0 aromatic rings. The minimum atomic E-state index is 0.117. The fourth-order valence-corrected chi connectivity index (χ4v) is 4.94. The zero-order valence-corrected chi connectivity index (χ0v) is 15.7. The van der Waals surface area contributed by atoms with Crippen molar-refractivity contribution in [3.63, 3.8) is 0 Å². The van der Waals surface area contributed by atoms with Gasteiger partial charge in [0, 0.05) is 31.6 Å². The summed E-state index contributed by atoms with van der Waals surface area (Å²) in [5.41, 5.74) is 3.30. The molecule has 7 heteroatoms. The summed E-state index contributed by atoms with van der Waals surface area (Å²) in [5, 5.41) is 7.48. The van der Waals surface area contributed by atoms with Gasteiger partial charge in [-0.1, -0.05) is 0 Å². The summed E-state index contributed by atoms with van der Waals surface area (Å²) in [5.74, 6) is 0.580. The maximum absolute atomic E-state index is 5.97. The SMILES string of the molecule is CC(C)N1CCC[C@H]1C1NC(C2CCC(N3CCOCC3)NC2)NO1. The molecule has 4 heterocycles. The molecule has 7 nitrogen and oxygen atoms in total. The Labute approximate surface area is 151 Å². The van der Waals surface area contributed by atoms with E-state index < -0.39 is 0 Å². The maximum Gasteiger partial charge on any atom is 0.146 e. The molecular weight excluding hydrogens is 318 g/mol. The molecule has 3 N–H and O–H groups in total. The lowest BCUT2D eigenvalue weighted by Gasteiger charge is -2.40. The van der Waals surface area contributed by atoms with E-state index in [1.165, 1.54) is 32.2 Å². The van der Waals surface area contributed by atoms with Crippen molar-refractivity contribution < 1.29 is 9.57 Å². The van der Waals surface area contributed by atoms with Crippen LogP contribution < -0.4 is 16.1 Å². The van der Waals surface area contributed by atoms with Crippen LogP contribution in [0.2, 0.25) is 0 Å². The smallest absolute Gasteiger partial charge is 0.146 e. The van der Waals surface area contributed by atoms with Crippen LogP contribution in [0.15, 0.2) is 0 Å². The number of nitrogens with one attached hydrogen (secondary N) is 3. The summed E-state index contributed by atoms with van der Waals surface area (Å²) in [7, 11) is 0. The van der Waals surface area contributed by atoms with Gasteiger partial charge in [0.1, 0.15) is 6.23 Å². The second-order valence-corrected chi connectivity index (χ2v) is 8.25. The molecule has 0 saturated carbocycles. The normalized spacial score (nSPS) is 41.6. The molecule has 0 aromatic heterocycles. The molecule has 0 aromatic carbocycles. The van der Waals surface area contributed by atoms with Crippen molar-refractivity contribution in [2.24, 2.45) is 5.92 Å². The minimum Gasteiger partial charge on any atom is -0.379 e. The van der Waals surface area contributed by atoms with Crippen LogP contribution in [0.25, 0.3) is 0 Å². The minimum absolute atomic E-state index is 0.117. The first-order valence-electron chi connectivity index (χ1n) is 10.2. The van der Waals surface area contributed by atoms with Gasteiger partial charge in [-0.05, 0) is 46.1 Å². The largest absolute Gasteiger partial charge is 0.379 e. The quantitative estimate of drug-likeness (QED) is 0.672. The molecule has 5 atom stereocenters. The number of piperidine rings is 1. The molecule has 0 radical (unpaired) electrons. The van der Waals surface area contributed by atoms with Gasteiger partial charge in [0.05, 0.1) is 31.6 Å². The Morgan fingerprint density at radius 2 is 1.88 bits per heavy atom. The van der Waals surface area contributed by atoms with Crippen LogP contribution in [0, 0.1) is 5.92 Å². The number of likely N-dealkylation sites (tertiary alicyclic amines) is 1. The third-order valence-corrected chi connectivity index (χ3v) is 6.41. The average molecular weight is 354 g/mol. The van der Waals surface area contributed by atoms with E-state index in [1.54, 1.807) is 0 Å². The molecule has 25 heavy (non-hydrogen) atoms. The molecule has 144 valence electrons. The summed E-state index contributed by atoms with van der Waals surface area (Å²) in [6, 6.07) is 1.08. The lowest BCUT2D eigenvalue weighted by Crippen LogP contribution is -2.57. The van der Waals surface area contributed by atoms with Gasteiger partial charge in [0.25, 0.3) is 0 Å². The average Bonchev–Trinajstić information content (AvgIpc) is 3.32. The van der Waals surface area contributed by atoms with Crippen LogP contribution in [-0.2, 0) is 9.57 Å². The van der Waals surface area contributed by atoms with Crippen molar-refractivity contribution in [2.75, 3.05) is 39.4 Å². The maximum atomic E-state index is 5.97. The fourth-order valence-electron chi connectivity index (χ4n) is 4.94. The molecule has 0 spiro atoms. The zero-order chi connectivity index (χ0) is 17.2. The van der Waals surface area contributed by atoms with Crippen LogP contribution in [0.5, 0.6) is 0 Å². The van der Waals surface area contributed by atoms with E-state index in [1.807, 2.05) is 0 Å². The number of hydrogen-bond donors (Lipinski definition) is 3. The highest BCUT2D eigenvalue weighted by atomic mass is 16.7. The lowest BCUT2D eigenvalue weighted by molar-refractivity contribution is -0.0309. The van der Waals surface area contributed by atoms with Crippen LogP contribution in [0.3, 0.4) is 0 Å². The molecule has 0 aliphatic carbocycles. The van der Waals surface area contributed by atoms with Gasteiger partial charge in [0.2, 0.25) is 0 Å². The molecule has 4 aliphatic rings. The predicted octanol–water partition coefficient (Wildman–Crippen LogP) is 0.294. The van der Waals surface area contributed by atoms with E-state index in [4.69, 9.17) is 9.57 Å². The summed E-state index contributed by atoms with van der Waals surface area (Å²) < 4.78 is 5.47. The second-order valence-electron chi connectivity index (χ2n) is 8.25. The van der Waals surface area contributed by atoms with Gasteiger partial charge >= 0.3 is 0 Å². The lowest BCUT2D eigenvalue weighted by atomic mass is 9.94. The highest BCUT2D eigenvalue weighted by Crippen LogP contribution is 2.27. The van der Waals surface area contributed by atoms with Gasteiger partial charge in [-0.25, -0.2) is 0 Å². The molecule has 4 saturated heterocycles. The Bertz CT molecular complexity index is 424. The molecule has 4 unspecified atom stereocenters. The molecular formula is C18H35N5O2. The first-order chi connectivity index (χ1) is 12.2. The third kappa shape index (κ3) is 4.03. The number of ether oxygens (including phenoxy) is 1. The van der Waals surface area contributed by atoms with Crippen LogP contribution in [0.4, 0.5) is 0 Å². The van der Waals surface area contributed by atoms with E-state index in [0.29, 0.717) is 24.2 Å². The number of nitrogens with zero attached hydrogens (tertiary/aromatic N) is 2. The highest BCUT2D eigenvalue weighted by molar-refractivity contribution is 4.92. The monoisotopic (exact) mass is 353 g/mol. The van der Waals surface area contributed by atoms with Crippen LogP contribution in [0.1, 0.15) is 39.5 Å². The Morgan fingerprint density at radius 1 is 1.04 bits per heavy atom. The van der Waals surface area contributed by atoms with Crippen molar-refractivity contribution in [1.82, 2.24) is 25.9 Å². The number of hydroxylamine groups is 1. The van der Waals surface area contributed by atoms with Gasteiger partial charge in [-0.15, -0.1) is 0 Å². The summed E-state index contributed by atoms with van der Waals surface area (Å²) in [6.07, 6.45) is 5.84. The first kappa shape index (κ1) is 18.1. The summed E-state index contributed by atoms with van der Waals surface area (Å²) in [6.45, 7) is 10.7. The summed E-state index contributed by atoms with van der Waals surface area (Å²) in [4.78, 5) is 11.1. The molecule has 4 aliphatic heterocycles. The molecule has 0 amide bonds. The van der Waals surface area contributed by atoms with Gasteiger partial charge in [-0.3, -0.25) is 20.0 Å². The predicted molar refractivity (Wildman–Crippen MR) is 96.7 cm³/mol. The summed E-state index contributed by atoms with van der Waals surface area (Å²) >= 11 is 0. The van der Waals surface area contributed by atoms with Crippen molar-refractivity contribution in [2.45, 2.75) is 70.2 Å². The van der Waals surface area contributed by atoms with Crippen molar-refractivity contribution in [1.29, 1.82) is 0 Å². The Balaban J connectivity index is 1.25. The van der Waals surface area contributed by atoms with Crippen molar-refractivity contribution in [3.05, 3.63) is 0 Å². The van der Waals surface area contributed by atoms with E-state index in [0.717, 1.165) is 32.8 Å². The van der Waals surface area contributed by atoms with Crippen molar-refractivity contribution >= 4 is 0 Å². The Kier molecular flexibility index (Phi) is 5.91. The topological polar surface area (TPSA) is 61.0 Å². The number of morpholine rings is 1. The first-order valence-corrected chi connectivity index (χ1v) is 10.2. The molecule has 0 bridgehead atoms. The Hall–Kier alpha value is -0.280. The van der Waals surface area contributed by atoms with Crippen LogP contribution in [-0.4, -0.2) is 79.8 Å². The van der Waals surface area contributed by atoms with Crippen molar-refractivity contribution in [3.8, 4) is 0 Å².